The highest BCUT2D eigenvalue weighted by molar-refractivity contribution is 7.87. The smallest absolute Gasteiger partial charge is 0.329 e. The van der Waals surface area contributed by atoms with E-state index in [2.05, 4.69) is 25.7 Å². The molecule has 11 unspecified atom stereocenters. The standard InChI is InChI=1S/C43H51NO7S/c1-5-42(46)21-17-36-34-11-7-26-23-28(9-13-30(26)32(34)15-19-40(36,42)3)50-39(45)38(44)25-52(48,49)51-29-10-14-31-27(24-29)8-12-35-33(31)16-20-41(4)37(35)18-22-43(41,47)6-2/h1-2,9-10,13-14,23-24,32-38,46-47H,7-8,11-12,15-22,25,44H2,3-4H3. The number of benzene rings is 2. The molecule has 0 bridgehead atoms. The Balaban J connectivity index is 0.890. The maximum absolute atomic E-state index is 13.1. The minimum atomic E-state index is -4.21. The van der Waals surface area contributed by atoms with Crippen LogP contribution in [0.2, 0.25) is 0 Å². The zero-order chi connectivity index (χ0) is 36.8. The van der Waals surface area contributed by atoms with Crippen LogP contribution in [0.4, 0.5) is 0 Å². The molecule has 0 amide bonds. The first-order valence-corrected chi connectivity index (χ1v) is 20.8. The fraction of sp³-hybridized carbons (Fsp3) is 0.605. The van der Waals surface area contributed by atoms with E-state index in [1.165, 1.54) is 11.1 Å². The van der Waals surface area contributed by atoms with Gasteiger partial charge >= 0.3 is 16.1 Å². The van der Waals surface area contributed by atoms with Gasteiger partial charge in [0.05, 0.1) is 0 Å². The van der Waals surface area contributed by atoms with E-state index < -0.39 is 39.1 Å². The van der Waals surface area contributed by atoms with Crippen molar-refractivity contribution >= 4 is 16.1 Å². The number of rotatable bonds is 6. The molecule has 52 heavy (non-hydrogen) atoms. The number of carbonyl (C=O) groups excluding carboxylic acids is 1. The van der Waals surface area contributed by atoms with E-state index in [-0.39, 0.29) is 16.6 Å². The molecule has 0 aliphatic heterocycles. The molecule has 4 N–H and O–H groups in total. The van der Waals surface area contributed by atoms with Crippen LogP contribution in [0.1, 0.15) is 112 Å². The van der Waals surface area contributed by atoms with Gasteiger partial charge in [-0.25, -0.2) is 4.79 Å². The van der Waals surface area contributed by atoms with Gasteiger partial charge in [-0.05, 0) is 159 Å². The predicted molar refractivity (Wildman–Crippen MR) is 198 cm³/mol. The highest BCUT2D eigenvalue weighted by atomic mass is 32.2. The average Bonchev–Trinajstić information content (AvgIpc) is 3.56. The number of terminal acetylenes is 2. The number of esters is 1. The lowest BCUT2D eigenvalue weighted by atomic mass is 9.53. The number of ether oxygens (including phenoxy) is 1. The second kappa shape index (κ2) is 12.4. The summed E-state index contributed by atoms with van der Waals surface area (Å²) < 4.78 is 37.4. The molecule has 9 heteroatoms. The van der Waals surface area contributed by atoms with Gasteiger partial charge in [-0.2, -0.15) is 8.42 Å². The predicted octanol–water partition coefficient (Wildman–Crippen LogP) is 5.77. The Morgan fingerprint density at radius 3 is 1.79 bits per heavy atom. The zero-order valence-corrected chi connectivity index (χ0v) is 31.1. The van der Waals surface area contributed by atoms with Gasteiger partial charge in [0.15, 0.2) is 0 Å². The lowest BCUT2D eigenvalue weighted by Crippen LogP contribution is -2.50. The summed E-state index contributed by atoms with van der Waals surface area (Å²) in [5.41, 5.74) is 8.11. The van der Waals surface area contributed by atoms with Crippen molar-refractivity contribution in [2.24, 2.45) is 40.2 Å². The van der Waals surface area contributed by atoms with Crippen LogP contribution in [0.3, 0.4) is 0 Å². The summed E-state index contributed by atoms with van der Waals surface area (Å²) >= 11 is 0. The lowest BCUT2D eigenvalue weighted by molar-refractivity contribution is -0.135. The fourth-order valence-corrected chi connectivity index (χ4v) is 13.4. The number of carbonyl (C=O) groups is 1. The van der Waals surface area contributed by atoms with Gasteiger partial charge in [-0.3, -0.25) is 0 Å². The van der Waals surface area contributed by atoms with Gasteiger partial charge in [0.25, 0.3) is 0 Å². The highest BCUT2D eigenvalue weighted by Crippen LogP contribution is 2.65. The lowest BCUT2D eigenvalue weighted by Gasteiger charge is -2.52. The van der Waals surface area contributed by atoms with Crippen LogP contribution in [0.15, 0.2) is 36.4 Å². The van der Waals surface area contributed by atoms with E-state index in [9.17, 15) is 23.4 Å². The Morgan fingerprint density at radius 2 is 1.29 bits per heavy atom. The number of hydrogen-bond acceptors (Lipinski definition) is 8. The van der Waals surface area contributed by atoms with Crippen LogP contribution < -0.4 is 14.7 Å². The molecular formula is C43H51NO7S. The first-order chi connectivity index (χ1) is 24.6. The number of fused-ring (bicyclic) bond motifs is 10. The van der Waals surface area contributed by atoms with E-state index >= 15 is 0 Å². The topological polar surface area (TPSA) is 136 Å². The monoisotopic (exact) mass is 725 g/mol. The molecule has 8 rings (SSSR count). The normalized spacial score (nSPS) is 39.2. The van der Waals surface area contributed by atoms with Crippen molar-refractivity contribution in [3.63, 3.8) is 0 Å². The Bertz CT molecular complexity index is 2000. The van der Waals surface area contributed by atoms with Gasteiger partial charge < -0.3 is 24.9 Å². The third kappa shape index (κ3) is 5.36. The van der Waals surface area contributed by atoms with E-state index in [0.717, 1.165) is 75.3 Å². The minimum absolute atomic E-state index is 0.207. The van der Waals surface area contributed by atoms with Crippen molar-refractivity contribution in [2.75, 3.05) is 5.75 Å². The summed E-state index contributed by atoms with van der Waals surface area (Å²) in [4.78, 5) is 13.0. The number of nitrogens with two attached hydrogens (primary N) is 1. The fourth-order valence-electron chi connectivity index (χ4n) is 12.4. The third-order valence-electron chi connectivity index (χ3n) is 15.3. The van der Waals surface area contributed by atoms with Gasteiger partial charge in [-0.1, -0.05) is 37.8 Å². The van der Waals surface area contributed by atoms with E-state index in [4.69, 9.17) is 27.5 Å². The maximum atomic E-state index is 13.1. The summed E-state index contributed by atoms with van der Waals surface area (Å²) in [5.74, 6) is 6.73. The Morgan fingerprint density at radius 1 is 0.808 bits per heavy atom. The first-order valence-electron chi connectivity index (χ1n) is 19.2. The maximum Gasteiger partial charge on any atom is 0.329 e. The van der Waals surface area contributed by atoms with Gasteiger partial charge in [0.2, 0.25) is 0 Å². The molecule has 4 fully saturated rings. The average molecular weight is 726 g/mol. The summed E-state index contributed by atoms with van der Waals surface area (Å²) in [5, 5.41) is 22.4. The molecule has 0 heterocycles. The van der Waals surface area contributed by atoms with Crippen LogP contribution in [0.25, 0.3) is 0 Å². The van der Waals surface area contributed by atoms with E-state index in [1.807, 2.05) is 18.2 Å². The molecular weight excluding hydrogens is 675 g/mol. The molecule has 0 radical (unpaired) electrons. The first kappa shape index (κ1) is 35.7. The van der Waals surface area contributed by atoms with E-state index in [0.29, 0.717) is 54.1 Å². The van der Waals surface area contributed by atoms with Crippen molar-refractivity contribution in [3.05, 3.63) is 58.7 Å². The summed E-state index contributed by atoms with van der Waals surface area (Å²) in [6, 6.07) is 9.72. The molecule has 2 aromatic carbocycles. The van der Waals surface area contributed by atoms with Crippen molar-refractivity contribution in [2.45, 2.75) is 120 Å². The highest BCUT2D eigenvalue weighted by Gasteiger charge is 2.62. The zero-order valence-electron chi connectivity index (χ0n) is 30.3. The second-order valence-electron chi connectivity index (χ2n) is 17.4. The largest absolute Gasteiger partial charge is 0.425 e. The van der Waals surface area contributed by atoms with Crippen LogP contribution in [-0.4, -0.2) is 47.6 Å². The number of hydrogen-bond donors (Lipinski definition) is 3. The second-order valence-corrected chi connectivity index (χ2v) is 19.0. The quantitative estimate of drug-likeness (QED) is 0.148. The van der Waals surface area contributed by atoms with Crippen molar-refractivity contribution in [3.8, 4) is 36.2 Å². The van der Waals surface area contributed by atoms with Crippen LogP contribution in [-0.2, 0) is 27.8 Å². The molecule has 276 valence electrons. The summed E-state index contributed by atoms with van der Waals surface area (Å²) in [6.07, 6.45) is 21.9. The third-order valence-corrected chi connectivity index (χ3v) is 16.5. The molecule has 0 saturated heterocycles. The van der Waals surface area contributed by atoms with Crippen molar-refractivity contribution in [1.29, 1.82) is 0 Å². The SMILES string of the molecule is C#CC1(O)CCC2C3CCc4cc(OC(=O)C(N)CS(=O)(=O)Oc5ccc6c(c5)CCC5C6CCC6(C)C5CCC6(O)C#C)ccc4C3CCC21C. The number of aryl methyl sites for hydroxylation is 2. The Kier molecular flexibility index (Phi) is 8.47. The molecule has 6 aliphatic rings. The Hall–Kier alpha value is -3.34. The van der Waals surface area contributed by atoms with Crippen LogP contribution in [0.5, 0.6) is 11.5 Å². The summed E-state index contributed by atoms with van der Waals surface area (Å²) in [6.45, 7) is 4.32. The molecule has 2 aromatic rings. The molecule has 4 saturated carbocycles. The van der Waals surface area contributed by atoms with Gasteiger partial charge in [0, 0.05) is 10.8 Å². The molecule has 0 spiro atoms. The van der Waals surface area contributed by atoms with E-state index in [1.54, 1.807) is 18.2 Å². The minimum Gasteiger partial charge on any atom is -0.425 e. The molecule has 0 aromatic heterocycles. The van der Waals surface area contributed by atoms with Crippen LogP contribution in [0, 0.1) is 59.2 Å². The number of aliphatic hydroxyl groups is 2. The van der Waals surface area contributed by atoms with Gasteiger partial charge in [0.1, 0.15) is 34.5 Å². The van der Waals surface area contributed by atoms with Crippen molar-refractivity contribution < 1.29 is 32.3 Å². The molecule has 11 atom stereocenters. The van der Waals surface area contributed by atoms with Crippen LogP contribution >= 0.6 is 0 Å². The van der Waals surface area contributed by atoms with Crippen molar-refractivity contribution in [1.82, 2.24) is 0 Å². The molecule has 6 aliphatic carbocycles. The Labute approximate surface area is 308 Å². The summed E-state index contributed by atoms with van der Waals surface area (Å²) in [7, 11) is -4.21. The van der Waals surface area contributed by atoms with Gasteiger partial charge in [-0.15, -0.1) is 12.8 Å². The molecule has 8 nitrogen and oxygen atoms in total.